The summed E-state index contributed by atoms with van der Waals surface area (Å²) in [6.07, 6.45) is 9.05. The molecule has 5 atom stereocenters. The number of aromatic nitrogens is 1. The Bertz CT molecular complexity index is 1080. The van der Waals surface area contributed by atoms with Crippen molar-refractivity contribution < 1.29 is 19.6 Å². The first-order chi connectivity index (χ1) is 16.4. The normalized spacial score (nSPS) is 29.7. The van der Waals surface area contributed by atoms with Gasteiger partial charge in [-0.3, -0.25) is 14.6 Å². The van der Waals surface area contributed by atoms with Crippen LogP contribution in [0, 0.1) is 23.2 Å². The van der Waals surface area contributed by atoms with Crippen molar-refractivity contribution in [1.82, 2.24) is 10.3 Å². The molecule has 178 valence electrons. The van der Waals surface area contributed by atoms with E-state index in [9.17, 15) is 19.6 Å². The Morgan fingerprint density at radius 2 is 2.12 bits per heavy atom. The summed E-state index contributed by atoms with van der Waals surface area (Å²) in [6, 6.07) is 9.64. The highest BCUT2D eigenvalue weighted by atomic mass is 16.4. The SMILES string of the molecule is C[C@]12CCC3c4ccc(B(O)O)cc4CCC3C1[C@H](CCC(=O)NCc1cccnc1)CC2=O. The van der Waals surface area contributed by atoms with Gasteiger partial charge in [0, 0.05) is 37.2 Å². The molecule has 0 saturated heterocycles. The molecule has 3 aliphatic rings. The van der Waals surface area contributed by atoms with Crippen LogP contribution in [0.2, 0.25) is 0 Å². The number of hydrogen-bond donors (Lipinski definition) is 3. The van der Waals surface area contributed by atoms with Crippen LogP contribution >= 0.6 is 0 Å². The van der Waals surface area contributed by atoms with Crippen LogP contribution in [0.25, 0.3) is 0 Å². The summed E-state index contributed by atoms with van der Waals surface area (Å²) >= 11 is 0. The van der Waals surface area contributed by atoms with E-state index in [1.54, 1.807) is 12.4 Å². The van der Waals surface area contributed by atoms with Gasteiger partial charge in [0.25, 0.3) is 0 Å². The number of pyridine rings is 1. The van der Waals surface area contributed by atoms with E-state index in [-0.39, 0.29) is 17.2 Å². The Hall–Kier alpha value is -2.51. The summed E-state index contributed by atoms with van der Waals surface area (Å²) in [6.45, 7) is 2.64. The van der Waals surface area contributed by atoms with Gasteiger partial charge in [0.15, 0.2) is 0 Å². The minimum atomic E-state index is -1.45. The van der Waals surface area contributed by atoms with E-state index in [2.05, 4.69) is 23.3 Å². The molecule has 2 fully saturated rings. The van der Waals surface area contributed by atoms with Crippen molar-refractivity contribution in [3.8, 4) is 0 Å². The maximum absolute atomic E-state index is 13.2. The monoisotopic (exact) mass is 460 g/mol. The number of carbonyl (C=O) groups excluding carboxylic acids is 2. The molecule has 5 rings (SSSR count). The van der Waals surface area contributed by atoms with Gasteiger partial charge in [-0.2, -0.15) is 0 Å². The van der Waals surface area contributed by atoms with Crippen molar-refractivity contribution in [1.29, 1.82) is 0 Å². The fraction of sp³-hybridized carbons (Fsp3) is 0.519. The molecule has 3 N–H and O–H groups in total. The van der Waals surface area contributed by atoms with Gasteiger partial charge in [-0.25, -0.2) is 0 Å². The second-order valence-corrected chi connectivity index (χ2v) is 10.7. The highest BCUT2D eigenvalue weighted by Gasteiger charge is 2.58. The molecule has 0 radical (unpaired) electrons. The van der Waals surface area contributed by atoms with Gasteiger partial charge < -0.3 is 15.4 Å². The van der Waals surface area contributed by atoms with E-state index in [0.29, 0.717) is 48.4 Å². The molecule has 3 unspecified atom stereocenters. The number of benzene rings is 1. The van der Waals surface area contributed by atoms with Crippen molar-refractivity contribution in [2.24, 2.45) is 23.2 Å². The largest absolute Gasteiger partial charge is 0.488 e. The Kier molecular flexibility index (Phi) is 6.34. The second-order valence-electron chi connectivity index (χ2n) is 10.7. The minimum absolute atomic E-state index is 0.0290. The third kappa shape index (κ3) is 4.20. The van der Waals surface area contributed by atoms with Gasteiger partial charge >= 0.3 is 7.12 Å². The third-order valence-corrected chi connectivity index (χ3v) is 8.85. The quantitative estimate of drug-likeness (QED) is 0.576. The average molecular weight is 460 g/mol. The van der Waals surface area contributed by atoms with Gasteiger partial charge in [-0.15, -0.1) is 0 Å². The standard InChI is InChI=1S/C27H33BN2O4/c1-27-11-10-22-21-8-6-20(28(33)34)13-18(21)4-7-23(22)26(27)19(14-24(27)31)5-9-25(32)30-16-17-3-2-12-29-15-17/h2-3,6,8,12-13,15,19,22-23,26,33-34H,4-5,7,9-11,14,16H2,1H3,(H,30,32)/t19-,22?,23?,26?,27-/m1/s1. The van der Waals surface area contributed by atoms with Crippen LogP contribution in [-0.4, -0.2) is 33.8 Å². The summed E-state index contributed by atoms with van der Waals surface area (Å²) < 4.78 is 0. The smallest absolute Gasteiger partial charge is 0.423 e. The van der Waals surface area contributed by atoms with Gasteiger partial charge in [0.2, 0.25) is 5.91 Å². The molecule has 0 aliphatic heterocycles. The van der Waals surface area contributed by atoms with Crippen LogP contribution in [0.1, 0.15) is 68.1 Å². The molecular weight excluding hydrogens is 427 g/mol. The fourth-order valence-corrected chi connectivity index (χ4v) is 7.20. The zero-order chi connectivity index (χ0) is 23.9. The lowest BCUT2D eigenvalue weighted by Crippen LogP contribution is -2.44. The van der Waals surface area contributed by atoms with Crippen LogP contribution in [0.3, 0.4) is 0 Å². The van der Waals surface area contributed by atoms with Crippen molar-refractivity contribution in [2.75, 3.05) is 0 Å². The average Bonchev–Trinajstić information content (AvgIpc) is 3.11. The molecule has 0 spiro atoms. The third-order valence-electron chi connectivity index (χ3n) is 8.85. The Morgan fingerprint density at radius 3 is 2.88 bits per heavy atom. The molecule has 2 aromatic rings. The lowest BCUT2D eigenvalue weighted by atomic mass is 9.53. The first-order valence-electron chi connectivity index (χ1n) is 12.5. The van der Waals surface area contributed by atoms with Gasteiger partial charge in [-0.05, 0) is 84.0 Å². The molecular formula is C27H33BN2O4. The first-order valence-corrected chi connectivity index (χ1v) is 12.5. The summed E-state index contributed by atoms with van der Waals surface area (Å²) in [7, 11) is -1.45. The zero-order valence-electron chi connectivity index (χ0n) is 19.7. The molecule has 1 heterocycles. The summed E-state index contributed by atoms with van der Waals surface area (Å²) in [5.41, 5.74) is 3.77. The number of nitrogens with zero attached hydrogens (tertiary/aromatic N) is 1. The number of hydrogen-bond acceptors (Lipinski definition) is 5. The predicted molar refractivity (Wildman–Crippen MR) is 130 cm³/mol. The van der Waals surface area contributed by atoms with Crippen molar-refractivity contribution in [3.05, 3.63) is 59.4 Å². The van der Waals surface area contributed by atoms with Crippen molar-refractivity contribution in [2.45, 2.75) is 64.3 Å². The number of amides is 1. The lowest BCUT2D eigenvalue weighted by Gasteiger charge is -2.50. The van der Waals surface area contributed by atoms with Gasteiger partial charge in [0.1, 0.15) is 5.78 Å². The molecule has 3 aliphatic carbocycles. The van der Waals surface area contributed by atoms with Gasteiger partial charge in [-0.1, -0.05) is 31.2 Å². The Labute approximate surface area is 201 Å². The number of carbonyl (C=O) groups is 2. The molecule has 7 heteroatoms. The minimum Gasteiger partial charge on any atom is -0.423 e. The number of nitrogens with one attached hydrogen (secondary N) is 1. The summed E-state index contributed by atoms with van der Waals surface area (Å²) in [5, 5.41) is 22.1. The Balaban J connectivity index is 1.29. The van der Waals surface area contributed by atoms with E-state index in [1.807, 2.05) is 24.3 Å². The van der Waals surface area contributed by atoms with E-state index >= 15 is 0 Å². The Morgan fingerprint density at radius 1 is 1.26 bits per heavy atom. The number of ketones is 1. The van der Waals surface area contributed by atoms with Crippen LogP contribution in [0.4, 0.5) is 0 Å². The van der Waals surface area contributed by atoms with Crippen LogP contribution in [-0.2, 0) is 22.6 Å². The zero-order valence-corrected chi connectivity index (χ0v) is 19.7. The van der Waals surface area contributed by atoms with Crippen molar-refractivity contribution in [3.63, 3.8) is 0 Å². The number of Topliss-reactive ketones (excluding diaryl/α,β-unsaturated/α-hetero) is 1. The fourth-order valence-electron chi connectivity index (χ4n) is 7.20. The maximum Gasteiger partial charge on any atom is 0.488 e. The molecule has 1 amide bonds. The summed E-state index contributed by atoms with van der Waals surface area (Å²) in [4.78, 5) is 29.8. The van der Waals surface area contributed by atoms with E-state index < -0.39 is 7.12 Å². The van der Waals surface area contributed by atoms with Crippen LogP contribution < -0.4 is 10.8 Å². The second kappa shape index (κ2) is 9.27. The molecule has 6 nitrogen and oxygen atoms in total. The summed E-state index contributed by atoms with van der Waals surface area (Å²) in [5.74, 6) is 1.80. The molecule has 2 saturated carbocycles. The number of rotatable bonds is 6. The molecule has 1 aromatic heterocycles. The van der Waals surface area contributed by atoms with E-state index in [4.69, 9.17) is 0 Å². The highest BCUT2D eigenvalue weighted by Crippen LogP contribution is 2.62. The highest BCUT2D eigenvalue weighted by molar-refractivity contribution is 6.58. The molecule has 0 bridgehead atoms. The number of fused-ring (bicyclic) bond motifs is 5. The topological polar surface area (TPSA) is 99.5 Å². The number of aryl methyl sites for hydroxylation is 1. The molecule has 34 heavy (non-hydrogen) atoms. The van der Waals surface area contributed by atoms with E-state index in [1.165, 1.54) is 11.1 Å². The molecule has 1 aromatic carbocycles. The van der Waals surface area contributed by atoms with Crippen LogP contribution in [0.5, 0.6) is 0 Å². The first kappa shape index (κ1) is 23.2. The maximum atomic E-state index is 13.2. The predicted octanol–water partition coefficient (Wildman–Crippen LogP) is 2.51. The van der Waals surface area contributed by atoms with E-state index in [0.717, 1.165) is 37.7 Å². The lowest BCUT2D eigenvalue weighted by molar-refractivity contribution is -0.129. The van der Waals surface area contributed by atoms with Crippen LogP contribution in [0.15, 0.2) is 42.7 Å². The van der Waals surface area contributed by atoms with Gasteiger partial charge in [0.05, 0.1) is 0 Å². The van der Waals surface area contributed by atoms with Crippen molar-refractivity contribution >= 4 is 24.3 Å².